The fourth-order valence-corrected chi connectivity index (χ4v) is 4.75. The van der Waals surface area contributed by atoms with Gasteiger partial charge in [-0.25, -0.2) is 4.98 Å². The Morgan fingerprint density at radius 2 is 2.04 bits per heavy atom. The molecule has 0 spiro atoms. The van der Waals surface area contributed by atoms with E-state index in [0.717, 1.165) is 30.4 Å². The van der Waals surface area contributed by atoms with E-state index < -0.39 is 0 Å². The molecule has 1 aromatic carbocycles. The molecule has 3 heterocycles. The molecule has 1 aliphatic heterocycles. The number of halogens is 1. The maximum absolute atomic E-state index is 6.04. The van der Waals surface area contributed by atoms with Crippen molar-refractivity contribution in [1.82, 2.24) is 19.4 Å². The number of anilines is 1. The molecule has 5 rings (SSSR count). The van der Waals surface area contributed by atoms with E-state index >= 15 is 0 Å². The molecule has 27 heavy (non-hydrogen) atoms. The third kappa shape index (κ3) is 3.19. The van der Waals surface area contributed by atoms with Crippen molar-refractivity contribution in [2.45, 2.75) is 44.2 Å². The normalized spacial score (nSPS) is 23.0. The van der Waals surface area contributed by atoms with Crippen molar-refractivity contribution in [3.8, 4) is 0 Å². The van der Waals surface area contributed by atoms with E-state index in [1.54, 1.807) is 0 Å². The minimum atomic E-state index is 0.216. The smallest absolute Gasteiger partial charge is 0.226 e. The molecule has 0 bridgehead atoms. The molecule has 2 aliphatic rings. The summed E-state index contributed by atoms with van der Waals surface area (Å²) in [4.78, 5) is 11.0. The monoisotopic (exact) mass is 381 g/mol. The maximum atomic E-state index is 6.04. The number of nitrogens with zero attached hydrogens (tertiary/aromatic N) is 4. The van der Waals surface area contributed by atoms with Gasteiger partial charge in [0.1, 0.15) is 11.5 Å². The number of nitrogens with two attached hydrogens (primary N) is 1. The molecule has 2 aromatic heterocycles. The SMILES string of the molecule is Nc1nc(Cl)nc2c1ccn2C1CCC(c2cccc(CN3CCC3)c2)C1. The van der Waals surface area contributed by atoms with E-state index in [0.29, 0.717) is 17.8 Å². The van der Waals surface area contributed by atoms with E-state index in [1.165, 1.54) is 37.1 Å². The number of hydrogen-bond donors (Lipinski definition) is 1. The second-order valence-electron chi connectivity index (χ2n) is 7.88. The Kier molecular flexibility index (Phi) is 4.29. The van der Waals surface area contributed by atoms with Crippen LogP contribution >= 0.6 is 11.6 Å². The van der Waals surface area contributed by atoms with Crippen LogP contribution in [-0.4, -0.2) is 32.5 Å². The first-order valence-corrected chi connectivity index (χ1v) is 10.2. The molecule has 1 saturated heterocycles. The summed E-state index contributed by atoms with van der Waals surface area (Å²) in [6.07, 6.45) is 6.89. The summed E-state index contributed by atoms with van der Waals surface area (Å²) in [5.41, 5.74) is 9.77. The minimum absolute atomic E-state index is 0.216. The van der Waals surface area contributed by atoms with Crippen molar-refractivity contribution in [2.75, 3.05) is 18.8 Å². The van der Waals surface area contributed by atoms with E-state index in [1.807, 2.05) is 6.07 Å². The van der Waals surface area contributed by atoms with Crippen molar-refractivity contribution in [1.29, 1.82) is 0 Å². The summed E-state index contributed by atoms with van der Waals surface area (Å²) in [7, 11) is 0. The summed E-state index contributed by atoms with van der Waals surface area (Å²) >= 11 is 6.04. The highest BCUT2D eigenvalue weighted by atomic mass is 35.5. The quantitative estimate of drug-likeness (QED) is 0.681. The van der Waals surface area contributed by atoms with Crippen LogP contribution in [0, 0.1) is 0 Å². The van der Waals surface area contributed by atoms with E-state index in [4.69, 9.17) is 17.3 Å². The lowest BCUT2D eigenvalue weighted by Gasteiger charge is -2.30. The van der Waals surface area contributed by atoms with Crippen molar-refractivity contribution >= 4 is 28.5 Å². The largest absolute Gasteiger partial charge is 0.383 e. The van der Waals surface area contributed by atoms with Gasteiger partial charge in [-0.05, 0) is 73.5 Å². The summed E-state index contributed by atoms with van der Waals surface area (Å²) in [6.45, 7) is 3.56. The Labute approximate surface area is 164 Å². The van der Waals surface area contributed by atoms with Crippen LogP contribution in [0.25, 0.3) is 11.0 Å². The highest BCUT2D eigenvalue weighted by molar-refractivity contribution is 6.28. The molecule has 2 unspecified atom stereocenters. The van der Waals surface area contributed by atoms with Gasteiger partial charge in [0.25, 0.3) is 0 Å². The van der Waals surface area contributed by atoms with Gasteiger partial charge in [-0.1, -0.05) is 24.3 Å². The van der Waals surface area contributed by atoms with Crippen molar-refractivity contribution < 1.29 is 0 Å². The first-order valence-electron chi connectivity index (χ1n) is 9.78. The second-order valence-corrected chi connectivity index (χ2v) is 8.21. The molecule has 1 aliphatic carbocycles. The third-order valence-electron chi connectivity index (χ3n) is 6.15. The van der Waals surface area contributed by atoms with Gasteiger partial charge in [0.05, 0.1) is 5.39 Å². The van der Waals surface area contributed by atoms with Gasteiger partial charge in [0.15, 0.2) is 0 Å². The van der Waals surface area contributed by atoms with Crippen molar-refractivity contribution in [3.63, 3.8) is 0 Å². The standard InChI is InChI=1S/C21H24ClN5/c22-21-24-19(23)18-7-10-27(20(18)25-21)17-6-5-16(12-17)15-4-1-3-14(11-15)13-26-8-2-9-26/h1,3-4,7,10-11,16-17H,2,5-6,8-9,12-13H2,(H2,23,24,25). The molecule has 0 radical (unpaired) electrons. The topological polar surface area (TPSA) is 60.0 Å². The lowest BCUT2D eigenvalue weighted by Crippen LogP contribution is -2.36. The predicted molar refractivity (Wildman–Crippen MR) is 109 cm³/mol. The van der Waals surface area contributed by atoms with Crippen LogP contribution < -0.4 is 5.73 Å². The van der Waals surface area contributed by atoms with Gasteiger partial charge in [-0.3, -0.25) is 4.90 Å². The Bertz CT molecular complexity index is 978. The average Bonchev–Trinajstić information content (AvgIpc) is 3.25. The number of fused-ring (bicyclic) bond motifs is 1. The molecule has 2 N–H and O–H groups in total. The summed E-state index contributed by atoms with van der Waals surface area (Å²) < 4.78 is 2.24. The first kappa shape index (κ1) is 17.0. The molecule has 1 saturated carbocycles. The van der Waals surface area contributed by atoms with Crippen LogP contribution in [0.4, 0.5) is 5.82 Å². The number of benzene rings is 1. The zero-order chi connectivity index (χ0) is 18.4. The Balaban J connectivity index is 1.36. The van der Waals surface area contributed by atoms with Gasteiger partial charge < -0.3 is 10.3 Å². The average molecular weight is 382 g/mol. The van der Waals surface area contributed by atoms with Crippen LogP contribution in [0.1, 0.15) is 48.8 Å². The predicted octanol–water partition coefficient (Wildman–Crippen LogP) is 4.38. The molecule has 0 amide bonds. The van der Waals surface area contributed by atoms with Crippen LogP contribution in [0.3, 0.4) is 0 Å². The third-order valence-corrected chi connectivity index (χ3v) is 6.32. The van der Waals surface area contributed by atoms with E-state index in [-0.39, 0.29) is 5.28 Å². The molecule has 3 aromatic rings. The number of aromatic nitrogens is 3. The molecule has 6 heteroatoms. The summed E-state index contributed by atoms with van der Waals surface area (Å²) in [6, 6.07) is 11.6. The fraction of sp³-hybridized carbons (Fsp3) is 0.429. The maximum Gasteiger partial charge on any atom is 0.226 e. The minimum Gasteiger partial charge on any atom is -0.383 e. The fourth-order valence-electron chi connectivity index (χ4n) is 4.58. The van der Waals surface area contributed by atoms with Crippen LogP contribution in [0.5, 0.6) is 0 Å². The highest BCUT2D eigenvalue weighted by Gasteiger charge is 2.28. The van der Waals surface area contributed by atoms with E-state index in [9.17, 15) is 0 Å². The van der Waals surface area contributed by atoms with Gasteiger partial charge in [0, 0.05) is 18.8 Å². The van der Waals surface area contributed by atoms with Crippen molar-refractivity contribution in [3.05, 3.63) is 52.9 Å². The Morgan fingerprint density at radius 1 is 1.15 bits per heavy atom. The van der Waals surface area contributed by atoms with Crippen LogP contribution in [0.15, 0.2) is 36.5 Å². The molecule has 2 fully saturated rings. The van der Waals surface area contributed by atoms with Crippen molar-refractivity contribution in [2.24, 2.45) is 0 Å². The molecular weight excluding hydrogens is 358 g/mol. The Morgan fingerprint density at radius 3 is 2.85 bits per heavy atom. The van der Waals surface area contributed by atoms with Gasteiger partial charge in [-0.15, -0.1) is 0 Å². The van der Waals surface area contributed by atoms with Gasteiger partial charge in [-0.2, -0.15) is 4.98 Å². The summed E-state index contributed by atoms with van der Waals surface area (Å²) in [5.74, 6) is 1.05. The zero-order valence-electron chi connectivity index (χ0n) is 15.3. The molecule has 140 valence electrons. The van der Waals surface area contributed by atoms with E-state index in [2.05, 4.69) is 49.9 Å². The van der Waals surface area contributed by atoms with Gasteiger partial charge >= 0.3 is 0 Å². The number of likely N-dealkylation sites (tertiary alicyclic amines) is 1. The lowest BCUT2D eigenvalue weighted by atomic mass is 9.95. The highest BCUT2D eigenvalue weighted by Crippen LogP contribution is 2.42. The van der Waals surface area contributed by atoms with Gasteiger partial charge in [0.2, 0.25) is 5.28 Å². The molecular formula is C21H24ClN5. The van der Waals surface area contributed by atoms with Crippen LogP contribution in [-0.2, 0) is 6.54 Å². The number of rotatable bonds is 4. The first-order chi connectivity index (χ1) is 13.2. The Hall–Kier alpha value is -2.11. The van der Waals surface area contributed by atoms with Crippen LogP contribution in [0.2, 0.25) is 5.28 Å². The number of hydrogen-bond acceptors (Lipinski definition) is 4. The number of nitrogen functional groups attached to an aromatic ring is 1. The molecule has 2 atom stereocenters. The summed E-state index contributed by atoms with van der Waals surface area (Å²) in [5, 5.41) is 1.10. The lowest BCUT2D eigenvalue weighted by molar-refractivity contribution is 0.172. The second kappa shape index (κ2) is 6.80. The zero-order valence-corrected chi connectivity index (χ0v) is 16.1. The molecule has 5 nitrogen and oxygen atoms in total.